The minimum absolute atomic E-state index is 0.180. The monoisotopic (exact) mass is 415 g/mol. The fourth-order valence-corrected chi connectivity index (χ4v) is 3.96. The minimum atomic E-state index is -1.50. The normalized spacial score (nSPS) is 15.3. The number of benzene rings is 1. The summed E-state index contributed by atoms with van der Waals surface area (Å²) in [6.07, 6.45) is 4.78. The summed E-state index contributed by atoms with van der Waals surface area (Å²) in [4.78, 5) is 13.2. The second-order valence-corrected chi connectivity index (χ2v) is 7.62. The molecule has 0 aliphatic heterocycles. The van der Waals surface area contributed by atoms with Crippen LogP contribution < -0.4 is 4.74 Å². The predicted octanol–water partition coefficient (Wildman–Crippen LogP) is 3.63. The Morgan fingerprint density at radius 1 is 1.50 bits per heavy atom. The Morgan fingerprint density at radius 3 is 2.88 bits per heavy atom. The van der Waals surface area contributed by atoms with Crippen LogP contribution in [0.5, 0.6) is 5.75 Å². The zero-order chi connectivity index (χ0) is 17.3. The van der Waals surface area contributed by atoms with Gasteiger partial charge in [0, 0.05) is 5.92 Å². The van der Waals surface area contributed by atoms with Crippen molar-refractivity contribution in [2.45, 2.75) is 23.7 Å². The fraction of sp³-hybridized carbons (Fsp3) is 0.375. The Balaban J connectivity index is 2.06. The number of ketones is 1. The molecule has 1 aliphatic carbocycles. The van der Waals surface area contributed by atoms with E-state index in [0.29, 0.717) is 15.8 Å². The second-order valence-electron chi connectivity index (χ2n) is 5.45. The molecule has 1 heterocycles. The molecule has 5 nitrogen and oxygen atoms in total. The number of nitrogens with zero attached hydrogens (tertiary/aromatic N) is 1. The van der Waals surface area contributed by atoms with Gasteiger partial charge in [0.2, 0.25) is 10.7 Å². The van der Waals surface area contributed by atoms with Gasteiger partial charge in [-0.25, -0.2) is 4.39 Å². The number of rotatable bonds is 7. The number of hydrogen-bond donors (Lipinski definition) is 0. The highest BCUT2D eigenvalue weighted by Gasteiger charge is 2.35. The van der Waals surface area contributed by atoms with E-state index in [2.05, 4.69) is 21.1 Å². The molecule has 1 fully saturated rings. The maximum absolute atomic E-state index is 12.9. The highest BCUT2D eigenvalue weighted by atomic mass is 79.9. The van der Waals surface area contributed by atoms with Crippen molar-refractivity contribution in [3.8, 4) is 5.75 Å². The van der Waals surface area contributed by atoms with Gasteiger partial charge in [0.15, 0.2) is 11.5 Å². The Labute approximate surface area is 149 Å². The molecule has 0 N–H and O–H groups in total. The van der Waals surface area contributed by atoms with Gasteiger partial charge >= 0.3 is 0 Å². The summed E-state index contributed by atoms with van der Waals surface area (Å²) in [6.45, 7) is -0.862. The smallest absolute Gasteiger partial charge is 0.206 e. The lowest BCUT2D eigenvalue weighted by Gasteiger charge is -2.16. The van der Waals surface area contributed by atoms with Crippen LogP contribution in [-0.4, -0.2) is 35.0 Å². The van der Waals surface area contributed by atoms with Gasteiger partial charge in [0.25, 0.3) is 0 Å². The summed E-state index contributed by atoms with van der Waals surface area (Å²) in [5.41, 5.74) is 0.626. The fourth-order valence-electron chi connectivity index (χ4n) is 2.48. The molecule has 3 rings (SSSR count). The van der Waals surface area contributed by atoms with Crippen molar-refractivity contribution in [3.05, 3.63) is 39.7 Å². The molecule has 0 saturated heterocycles. The van der Waals surface area contributed by atoms with Crippen LogP contribution >= 0.6 is 15.9 Å². The van der Waals surface area contributed by atoms with Crippen molar-refractivity contribution in [1.82, 2.24) is 5.16 Å². The zero-order valence-corrected chi connectivity index (χ0v) is 15.3. The average molecular weight is 416 g/mol. The van der Waals surface area contributed by atoms with E-state index in [9.17, 15) is 13.7 Å². The van der Waals surface area contributed by atoms with Crippen LogP contribution in [0.15, 0.2) is 32.2 Å². The van der Waals surface area contributed by atoms with Crippen LogP contribution in [0, 0.1) is 0 Å². The van der Waals surface area contributed by atoms with Gasteiger partial charge in [0.05, 0.1) is 21.8 Å². The number of halogens is 2. The molecule has 2 aromatic rings. The Bertz CT molecular complexity index is 761. The third-order valence-corrected chi connectivity index (χ3v) is 5.32. The molecule has 1 aliphatic rings. The summed E-state index contributed by atoms with van der Waals surface area (Å²) < 4.78 is 35.8. The van der Waals surface area contributed by atoms with Crippen molar-refractivity contribution in [2.24, 2.45) is 0 Å². The largest absolute Gasteiger partial charge is 0.612 e. The van der Waals surface area contributed by atoms with Crippen molar-refractivity contribution < 1.29 is 23.0 Å². The van der Waals surface area contributed by atoms with E-state index in [1.165, 1.54) is 12.5 Å². The third kappa shape index (κ3) is 3.36. The summed E-state index contributed by atoms with van der Waals surface area (Å²) in [6, 6.07) is 3.20. The van der Waals surface area contributed by atoms with Gasteiger partial charge in [-0.2, -0.15) is 0 Å². The molecule has 1 atom stereocenters. The summed E-state index contributed by atoms with van der Waals surface area (Å²) in [5, 5.41) is 3.73. The highest BCUT2D eigenvalue weighted by molar-refractivity contribution is 9.10. The molecule has 0 bridgehead atoms. The summed E-state index contributed by atoms with van der Waals surface area (Å²) >= 11 is 1.80. The minimum Gasteiger partial charge on any atom is -0.612 e. The number of alkyl halides is 1. The van der Waals surface area contributed by atoms with Gasteiger partial charge in [-0.05, 0) is 52.1 Å². The number of aromatic nitrogens is 1. The predicted molar refractivity (Wildman–Crippen MR) is 89.9 cm³/mol. The summed E-state index contributed by atoms with van der Waals surface area (Å²) in [7, 11) is 0. The SMILES string of the molecule is C[S+]([O-])c1c(C(=O)c2cnoc2C2CC2)ccc(Br)c1OCCF. The van der Waals surface area contributed by atoms with Crippen LogP contribution in [0.2, 0.25) is 0 Å². The second kappa shape index (κ2) is 7.25. The van der Waals surface area contributed by atoms with Crippen LogP contribution in [0.3, 0.4) is 0 Å². The first-order valence-electron chi connectivity index (χ1n) is 7.38. The van der Waals surface area contributed by atoms with Crippen molar-refractivity contribution >= 4 is 32.9 Å². The molecule has 0 amide bonds. The first-order chi connectivity index (χ1) is 11.5. The van der Waals surface area contributed by atoms with Crippen LogP contribution in [-0.2, 0) is 11.2 Å². The number of carbonyl (C=O) groups is 1. The lowest BCUT2D eigenvalue weighted by Crippen LogP contribution is -2.13. The molecule has 1 aromatic carbocycles. The zero-order valence-electron chi connectivity index (χ0n) is 12.9. The van der Waals surface area contributed by atoms with Crippen LogP contribution in [0.1, 0.15) is 40.4 Å². The third-order valence-electron chi connectivity index (χ3n) is 3.71. The molecular weight excluding hydrogens is 401 g/mol. The van der Waals surface area contributed by atoms with Gasteiger partial charge in [-0.1, -0.05) is 5.16 Å². The van der Waals surface area contributed by atoms with Gasteiger partial charge in [-0.15, -0.1) is 0 Å². The quantitative estimate of drug-likeness (QED) is 0.509. The molecule has 128 valence electrons. The van der Waals surface area contributed by atoms with E-state index in [4.69, 9.17) is 9.26 Å². The Morgan fingerprint density at radius 2 is 2.25 bits per heavy atom. The molecule has 1 saturated carbocycles. The maximum Gasteiger partial charge on any atom is 0.206 e. The van der Waals surface area contributed by atoms with E-state index < -0.39 is 17.9 Å². The first-order valence-corrected chi connectivity index (χ1v) is 9.73. The lowest BCUT2D eigenvalue weighted by molar-refractivity contribution is 0.103. The maximum atomic E-state index is 12.9. The molecular formula is C16H15BrFNO4S. The molecule has 1 aromatic heterocycles. The first kappa shape index (κ1) is 17.4. The number of carbonyl (C=O) groups excluding carboxylic acids is 1. The molecule has 0 radical (unpaired) electrons. The van der Waals surface area contributed by atoms with Crippen molar-refractivity contribution in [1.29, 1.82) is 0 Å². The van der Waals surface area contributed by atoms with Gasteiger partial charge in [-0.3, -0.25) is 4.79 Å². The van der Waals surface area contributed by atoms with Crippen molar-refractivity contribution in [2.75, 3.05) is 19.5 Å². The molecule has 0 spiro atoms. The van der Waals surface area contributed by atoms with Gasteiger partial charge in [0.1, 0.15) is 19.5 Å². The average Bonchev–Trinajstić information content (AvgIpc) is 3.29. The topological polar surface area (TPSA) is 75.4 Å². The van der Waals surface area contributed by atoms with E-state index >= 15 is 0 Å². The molecule has 8 heteroatoms. The van der Waals surface area contributed by atoms with Crippen LogP contribution in [0.4, 0.5) is 4.39 Å². The molecule has 1 unspecified atom stereocenters. The standard InChI is InChI=1S/C16H15BrFNO4S/c1-24(21)16-10(4-5-12(17)15(16)22-7-6-18)13(20)11-8-19-23-14(11)9-2-3-9/h4-5,8-9H,2-3,6-7H2,1H3. The molecule has 24 heavy (non-hydrogen) atoms. The van der Waals surface area contributed by atoms with E-state index in [0.717, 1.165) is 12.8 Å². The van der Waals surface area contributed by atoms with Gasteiger partial charge < -0.3 is 13.8 Å². The van der Waals surface area contributed by atoms with E-state index in [-0.39, 0.29) is 34.5 Å². The Hall–Kier alpha value is -1.38. The Kier molecular flexibility index (Phi) is 5.27. The van der Waals surface area contributed by atoms with E-state index in [1.54, 1.807) is 12.1 Å². The number of ether oxygens (including phenoxy) is 1. The van der Waals surface area contributed by atoms with Crippen molar-refractivity contribution in [3.63, 3.8) is 0 Å². The number of hydrogen-bond acceptors (Lipinski definition) is 5. The summed E-state index contributed by atoms with van der Waals surface area (Å²) in [5.74, 6) is 0.700. The highest BCUT2D eigenvalue weighted by Crippen LogP contribution is 2.43. The van der Waals surface area contributed by atoms with Crippen LogP contribution in [0.25, 0.3) is 0 Å². The lowest BCUT2D eigenvalue weighted by atomic mass is 10.0. The van der Waals surface area contributed by atoms with E-state index in [1.807, 2.05) is 0 Å².